The molecule has 2 aromatic heterocycles. The monoisotopic (exact) mass is 332 g/mol. The number of hydrogen-bond acceptors (Lipinski definition) is 6. The third kappa shape index (κ3) is 3.07. The molecule has 2 aliphatic heterocycles. The maximum Gasteiger partial charge on any atom is 0.140 e. The van der Waals surface area contributed by atoms with Gasteiger partial charge in [-0.1, -0.05) is 6.42 Å². The van der Waals surface area contributed by atoms with Crippen LogP contribution in [0.2, 0.25) is 0 Å². The summed E-state index contributed by atoms with van der Waals surface area (Å²) < 4.78 is 0. The lowest BCUT2D eigenvalue weighted by molar-refractivity contribution is 0.149. The lowest BCUT2D eigenvalue weighted by Crippen LogP contribution is -2.37. The Balaban J connectivity index is 1.51. The van der Waals surface area contributed by atoms with Gasteiger partial charge in [0.2, 0.25) is 0 Å². The number of aliphatic hydroxyl groups is 1. The van der Waals surface area contributed by atoms with Gasteiger partial charge in [-0.2, -0.15) is 0 Å². The number of rotatable bonds is 4. The van der Waals surface area contributed by atoms with Gasteiger partial charge in [0.25, 0.3) is 0 Å². The fourth-order valence-electron chi connectivity index (χ4n) is 4.03. The number of likely N-dealkylation sites (tertiary alicyclic amines) is 1. The summed E-state index contributed by atoms with van der Waals surface area (Å²) in [5, 5.41) is 13.1. The van der Waals surface area contributed by atoms with Crippen molar-refractivity contribution >= 4 is 27.4 Å². The van der Waals surface area contributed by atoms with Gasteiger partial charge in [0, 0.05) is 32.2 Å². The van der Waals surface area contributed by atoms with Gasteiger partial charge in [-0.05, 0) is 43.3 Å². The molecule has 0 saturated carbocycles. The van der Waals surface area contributed by atoms with Crippen molar-refractivity contribution < 1.29 is 5.11 Å². The van der Waals surface area contributed by atoms with Gasteiger partial charge < -0.3 is 14.9 Å². The van der Waals surface area contributed by atoms with Gasteiger partial charge in [-0.3, -0.25) is 0 Å². The zero-order chi connectivity index (χ0) is 15.6. The van der Waals surface area contributed by atoms with Gasteiger partial charge in [0.15, 0.2) is 0 Å². The maximum absolute atomic E-state index is 9.83. The molecule has 0 unspecified atom stereocenters. The van der Waals surface area contributed by atoms with Crippen LogP contribution in [0.5, 0.6) is 0 Å². The van der Waals surface area contributed by atoms with E-state index in [-0.39, 0.29) is 6.61 Å². The molecule has 4 heterocycles. The number of thiophene rings is 1. The molecule has 2 saturated heterocycles. The first-order valence-electron chi connectivity index (χ1n) is 8.61. The SMILES string of the molecule is OC[C@H]1CN(c2ncnc3sccc23)C[C@H]1CN1CCCCC1. The molecule has 1 N–H and O–H groups in total. The highest BCUT2D eigenvalue weighted by atomic mass is 32.1. The fourth-order valence-corrected chi connectivity index (χ4v) is 4.76. The Hall–Kier alpha value is -1.24. The van der Waals surface area contributed by atoms with Gasteiger partial charge in [0.1, 0.15) is 17.0 Å². The van der Waals surface area contributed by atoms with Gasteiger partial charge in [0.05, 0.1) is 5.39 Å². The third-order valence-electron chi connectivity index (χ3n) is 5.29. The van der Waals surface area contributed by atoms with Crippen molar-refractivity contribution in [3.05, 3.63) is 17.8 Å². The molecule has 2 aromatic rings. The minimum Gasteiger partial charge on any atom is -0.396 e. The molecular formula is C17H24N4OS. The van der Waals surface area contributed by atoms with Crippen LogP contribution in [0.1, 0.15) is 19.3 Å². The molecule has 124 valence electrons. The first-order valence-corrected chi connectivity index (χ1v) is 9.49. The van der Waals surface area contributed by atoms with E-state index in [4.69, 9.17) is 0 Å². The number of anilines is 1. The molecule has 23 heavy (non-hydrogen) atoms. The maximum atomic E-state index is 9.83. The summed E-state index contributed by atoms with van der Waals surface area (Å²) in [6.45, 7) is 5.71. The molecule has 2 atom stereocenters. The molecule has 0 bridgehead atoms. The van der Waals surface area contributed by atoms with Crippen molar-refractivity contribution in [2.45, 2.75) is 19.3 Å². The van der Waals surface area contributed by atoms with E-state index < -0.39 is 0 Å². The lowest BCUT2D eigenvalue weighted by Gasteiger charge is -2.30. The van der Waals surface area contributed by atoms with E-state index in [0.29, 0.717) is 11.8 Å². The molecule has 2 fully saturated rings. The lowest BCUT2D eigenvalue weighted by atomic mass is 9.95. The van der Waals surface area contributed by atoms with E-state index in [0.717, 1.165) is 35.7 Å². The van der Waals surface area contributed by atoms with E-state index in [1.54, 1.807) is 17.7 Å². The van der Waals surface area contributed by atoms with E-state index in [1.165, 1.54) is 32.4 Å². The van der Waals surface area contributed by atoms with Crippen LogP contribution in [0.25, 0.3) is 10.2 Å². The molecule has 5 nitrogen and oxygen atoms in total. The van der Waals surface area contributed by atoms with Crippen LogP contribution < -0.4 is 4.90 Å². The average Bonchev–Trinajstić information content (AvgIpc) is 3.22. The molecular weight excluding hydrogens is 308 g/mol. The van der Waals surface area contributed by atoms with Crippen LogP contribution in [-0.2, 0) is 0 Å². The van der Waals surface area contributed by atoms with Crippen molar-refractivity contribution in [3.63, 3.8) is 0 Å². The third-order valence-corrected chi connectivity index (χ3v) is 6.11. The average molecular weight is 332 g/mol. The number of hydrogen-bond donors (Lipinski definition) is 1. The molecule has 0 aliphatic carbocycles. The molecule has 0 aromatic carbocycles. The van der Waals surface area contributed by atoms with Crippen molar-refractivity contribution in [3.8, 4) is 0 Å². The summed E-state index contributed by atoms with van der Waals surface area (Å²) in [5.74, 6) is 1.91. The largest absolute Gasteiger partial charge is 0.396 e. The van der Waals surface area contributed by atoms with Crippen LogP contribution in [0.15, 0.2) is 17.8 Å². The Morgan fingerprint density at radius 1 is 1.13 bits per heavy atom. The van der Waals surface area contributed by atoms with Crippen molar-refractivity contribution in [1.82, 2.24) is 14.9 Å². The second kappa shape index (κ2) is 6.71. The van der Waals surface area contributed by atoms with E-state index in [1.807, 2.05) is 0 Å². The Bertz CT molecular complexity index is 655. The molecule has 0 spiro atoms. The van der Waals surface area contributed by atoms with Crippen molar-refractivity contribution in [2.24, 2.45) is 11.8 Å². The van der Waals surface area contributed by atoms with Gasteiger partial charge >= 0.3 is 0 Å². The smallest absolute Gasteiger partial charge is 0.140 e. The zero-order valence-electron chi connectivity index (χ0n) is 13.4. The minimum atomic E-state index is 0.271. The Morgan fingerprint density at radius 2 is 1.96 bits per heavy atom. The summed E-state index contributed by atoms with van der Waals surface area (Å²) >= 11 is 1.66. The van der Waals surface area contributed by atoms with E-state index in [2.05, 4.69) is 31.2 Å². The first kappa shape index (κ1) is 15.3. The Labute approximate surface area is 141 Å². The number of fused-ring (bicyclic) bond motifs is 1. The van der Waals surface area contributed by atoms with Crippen molar-refractivity contribution in [2.75, 3.05) is 44.2 Å². The fraction of sp³-hybridized carbons (Fsp3) is 0.647. The first-order chi connectivity index (χ1) is 11.3. The minimum absolute atomic E-state index is 0.271. The molecule has 6 heteroatoms. The van der Waals surface area contributed by atoms with Gasteiger partial charge in [-0.25, -0.2) is 9.97 Å². The molecule has 0 radical (unpaired) electrons. The highest BCUT2D eigenvalue weighted by Gasteiger charge is 2.35. The van der Waals surface area contributed by atoms with Crippen LogP contribution >= 0.6 is 11.3 Å². The van der Waals surface area contributed by atoms with Crippen LogP contribution in [0, 0.1) is 11.8 Å². The molecule has 4 rings (SSSR count). The number of aliphatic hydroxyl groups excluding tert-OH is 1. The number of nitrogens with zero attached hydrogens (tertiary/aromatic N) is 4. The summed E-state index contributed by atoms with van der Waals surface area (Å²) in [5.41, 5.74) is 0. The standard InChI is InChI=1S/C17H24N4OS/c22-11-14-10-21(9-13(14)8-20-5-2-1-3-6-20)16-15-4-7-23-17(15)19-12-18-16/h4,7,12-14,22H,1-3,5-6,8-11H2/t13-,14-/m1/s1. The topological polar surface area (TPSA) is 52.5 Å². The second-order valence-electron chi connectivity index (χ2n) is 6.81. The van der Waals surface area contributed by atoms with Crippen LogP contribution in [0.3, 0.4) is 0 Å². The van der Waals surface area contributed by atoms with Gasteiger partial charge in [-0.15, -0.1) is 11.3 Å². The Morgan fingerprint density at radius 3 is 2.78 bits per heavy atom. The summed E-state index contributed by atoms with van der Waals surface area (Å²) in [6, 6.07) is 2.11. The summed E-state index contributed by atoms with van der Waals surface area (Å²) in [6.07, 6.45) is 5.68. The second-order valence-corrected chi connectivity index (χ2v) is 7.70. The predicted molar refractivity (Wildman–Crippen MR) is 94.0 cm³/mol. The van der Waals surface area contributed by atoms with Crippen molar-refractivity contribution in [1.29, 1.82) is 0 Å². The summed E-state index contributed by atoms with van der Waals surface area (Å²) in [7, 11) is 0. The number of piperidine rings is 1. The quantitative estimate of drug-likeness (QED) is 0.930. The highest BCUT2D eigenvalue weighted by Crippen LogP contribution is 2.33. The molecule has 2 aliphatic rings. The Kier molecular flexibility index (Phi) is 4.46. The predicted octanol–water partition coefficient (Wildman–Crippen LogP) is 2.22. The highest BCUT2D eigenvalue weighted by molar-refractivity contribution is 7.16. The normalized spacial score (nSPS) is 26.2. The van der Waals surface area contributed by atoms with E-state index in [9.17, 15) is 5.11 Å². The zero-order valence-corrected chi connectivity index (χ0v) is 14.2. The molecule has 0 amide bonds. The number of aromatic nitrogens is 2. The van der Waals surface area contributed by atoms with Crippen LogP contribution in [0.4, 0.5) is 5.82 Å². The van der Waals surface area contributed by atoms with E-state index >= 15 is 0 Å². The van der Waals surface area contributed by atoms with Crippen LogP contribution in [-0.4, -0.2) is 59.3 Å². The summed E-state index contributed by atoms with van der Waals surface area (Å²) in [4.78, 5) is 14.9.